The first-order valence-electron chi connectivity index (χ1n) is 4.51. The third-order valence-electron chi connectivity index (χ3n) is 2.86. The largest absolute Gasteiger partial charge is 0.325 e. The van der Waals surface area contributed by atoms with E-state index in [9.17, 15) is 17.2 Å². The minimum atomic E-state index is -3.32. The quantitative estimate of drug-likeness (QED) is 0.759. The van der Waals surface area contributed by atoms with Crippen molar-refractivity contribution in [2.75, 3.05) is 18.1 Å². The Hall–Kier alpha value is -0.230. The molecule has 0 aliphatic carbocycles. The van der Waals surface area contributed by atoms with Gasteiger partial charge in [0.15, 0.2) is 9.84 Å². The lowest BCUT2D eigenvalue weighted by Gasteiger charge is -2.39. The van der Waals surface area contributed by atoms with Crippen molar-refractivity contribution in [3.63, 3.8) is 0 Å². The SMILES string of the molecule is CC1(C(F)(F)CN)CCCS(=O)(=O)C1. The van der Waals surface area contributed by atoms with E-state index >= 15 is 0 Å². The Morgan fingerprint density at radius 2 is 2.07 bits per heavy atom. The van der Waals surface area contributed by atoms with Crippen LogP contribution in [0.2, 0.25) is 0 Å². The van der Waals surface area contributed by atoms with E-state index in [0.29, 0.717) is 6.42 Å². The zero-order valence-electron chi connectivity index (χ0n) is 8.09. The number of alkyl halides is 2. The standard InChI is InChI=1S/C8H15F2NO2S/c1-7(8(9,10)5-11)3-2-4-14(12,13)6-7/h2-6,11H2,1H3. The molecule has 84 valence electrons. The van der Waals surface area contributed by atoms with Crippen LogP contribution in [0, 0.1) is 5.41 Å². The predicted molar refractivity (Wildman–Crippen MR) is 50.0 cm³/mol. The number of hydrogen-bond acceptors (Lipinski definition) is 3. The van der Waals surface area contributed by atoms with Crippen LogP contribution in [0.5, 0.6) is 0 Å². The van der Waals surface area contributed by atoms with Gasteiger partial charge in [-0.2, -0.15) is 0 Å². The molecule has 1 atom stereocenters. The first-order valence-corrected chi connectivity index (χ1v) is 6.33. The highest BCUT2D eigenvalue weighted by molar-refractivity contribution is 7.91. The fourth-order valence-corrected chi connectivity index (χ4v) is 3.90. The number of halogens is 2. The van der Waals surface area contributed by atoms with Crippen molar-refractivity contribution in [1.82, 2.24) is 0 Å². The van der Waals surface area contributed by atoms with Gasteiger partial charge >= 0.3 is 0 Å². The third kappa shape index (κ3) is 2.06. The molecule has 0 aromatic carbocycles. The molecule has 0 bridgehead atoms. The van der Waals surface area contributed by atoms with Gasteiger partial charge in [0.25, 0.3) is 5.92 Å². The highest BCUT2D eigenvalue weighted by Gasteiger charge is 2.52. The molecule has 1 aliphatic rings. The minimum absolute atomic E-state index is 0.0171. The minimum Gasteiger partial charge on any atom is -0.325 e. The normalized spacial score (nSPS) is 32.9. The Morgan fingerprint density at radius 1 is 1.50 bits per heavy atom. The lowest BCUT2D eigenvalue weighted by atomic mass is 9.80. The molecule has 0 saturated carbocycles. The molecule has 0 amide bonds. The van der Waals surface area contributed by atoms with Crippen LogP contribution < -0.4 is 5.73 Å². The van der Waals surface area contributed by atoms with E-state index in [2.05, 4.69) is 0 Å². The number of hydrogen-bond donors (Lipinski definition) is 1. The molecule has 1 fully saturated rings. The second kappa shape index (κ2) is 3.41. The molecule has 0 radical (unpaired) electrons. The molecule has 1 saturated heterocycles. The molecule has 1 unspecified atom stereocenters. The van der Waals surface area contributed by atoms with Gasteiger partial charge in [-0.05, 0) is 12.8 Å². The lowest BCUT2D eigenvalue weighted by Crippen LogP contribution is -2.51. The van der Waals surface area contributed by atoms with Crippen LogP contribution in [0.1, 0.15) is 19.8 Å². The number of rotatable bonds is 2. The highest BCUT2D eigenvalue weighted by Crippen LogP contribution is 2.43. The molecule has 14 heavy (non-hydrogen) atoms. The monoisotopic (exact) mass is 227 g/mol. The van der Waals surface area contributed by atoms with Crippen LogP contribution in [-0.2, 0) is 9.84 Å². The topological polar surface area (TPSA) is 60.2 Å². The fourth-order valence-electron chi connectivity index (χ4n) is 1.85. The summed E-state index contributed by atoms with van der Waals surface area (Å²) in [6.45, 7) is 0.510. The summed E-state index contributed by atoms with van der Waals surface area (Å²) < 4.78 is 49.3. The molecule has 3 nitrogen and oxygen atoms in total. The van der Waals surface area contributed by atoms with Gasteiger partial charge < -0.3 is 5.73 Å². The average molecular weight is 227 g/mol. The first kappa shape index (κ1) is 11.8. The van der Waals surface area contributed by atoms with Gasteiger partial charge in [-0.1, -0.05) is 6.92 Å². The molecule has 0 spiro atoms. The summed E-state index contributed by atoms with van der Waals surface area (Å²) in [7, 11) is -3.32. The van der Waals surface area contributed by atoms with E-state index in [1.807, 2.05) is 0 Å². The van der Waals surface area contributed by atoms with Crippen LogP contribution in [0.15, 0.2) is 0 Å². The van der Waals surface area contributed by atoms with Crippen molar-refractivity contribution in [3.05, 3.63) is 0 Å². The van der Waals surface area contributed by atoms with Gasteiger partial charge in [0, 0.05) is 5.41 Å². The van der Waals surface area contributed by atoms with Gasteiger partial charge in [-0.25, -0.2) is 17.2 Å². The maximum Gasteiger partial charge on any atom is 0.266 e. The molecular weight excluding hydrogens is 212 g/mol. The smallest absolute Gasteiger partial charge is 0.266 e. The van der Waals surface area contributed by atoms with Gasteiger partial charge in [0.1, 0.15) is 0 Å². The van der Waals surface area contributed by atoms with E-state index in [0.717, 1.165) is 0 Å². The zero-order valence-corrected chi connectivity index (χ0v) is 8.91. The second-order valence-electron chi connectivity index (χ2n) is 4.16. The summed E-state index contributed by atoms with van der Waals surface area (Å²) in [5.74, 6) is -3.53. The van der Waals surface area contributed by atoms with Crippen LogP contribution in [-0.4, -0.2) is 32.4 Å². The van der Waals surface area contributed by atoms with Gasteiger partial charge in [-0.3, -0.25) is 0 Å². The van der Waals surface area contributed by atoms with Crippen molar-refractivity contribution >= 4 is 9.84 Å². The van der Waals surface area contributed by atoms with E-state index in [4.69, 9.17) is 5.73 Å². The van der Waals surface area contributed by atoms with Crippen molar-refractivity contribution in [3.8, 4) is 0 Å². The van der Waals surface area contributed by atoms with Gasteiger partial charge in [-0.15, -0.1) is 0 Å². The Labute approximate surface area is 82.6 Å². The Balaban J connectivity index is 2.95. The molecule has 0 aromatic heterocycles. The summed E-state index contributed by atoms with van der Waals surface area (Å²) in [5, 5.41) is 0. The molecule has 1 aliphatic heterocycles. The van der Waals surface area contributed by atoms with Crippen molar-refractivity contribution in [1.29, 1.82) is 0 Å². The summed E-state index contributed by atoms with van der Waals surface area (Å²) >= 11 is 0. The molecule has 6 heteroatoms. The second-order valence-corrected chi connectivity index (χ2v) is 6.35. The van der Waals surface area contributed by atoms with Crippen LogP contribution in [0.3, 0.4) is 0 Å². The summed E-state index contributed by atoms with van der Waals surface area (Å²) in [5.41, 5.74) is 3.48. The maximum atomic E-state index is 13.4. The Kier molecular flexibility index (Phi) is 2.89. The number of sulfone groups is 1. The summed E-state index contributed by atoms with van der Waals surface area (Å²) in [6.07, 6.45) is 0.519. The van der Waals surface area contributed by atoms with E-state index in [1.54, 1.807) is 0 Å². The van der Waals surface area contributed by atoms with Crippen LogP contribution in [0.4, 0.5) is 8.78 Å². The first-order chi connectivity index (χ1) is 6.22. The summed E-state index contributed by atoms with van der Waals surface area (Å²) in [6, 6.07) is 0. The van der Waals surface area contributed by atoms with Gasteiger partial charge in [0.05, 0.1) is 18.1 Å². The molecular formula is C8H15F2NO2S. The van der Waals surface area contributed by atoms with E-state index < -0.39 is 33.5 Å². The zero-order chi connectivity index (χ0) is 11.0. The Bertz CT molecular complexity index is 315. The molecule has 0 aromatic rings. The predicted octanol–water partition coefficient (Wildman–Crippen LogP) is 0.795. The summed E-state index contributed by atoms with van der Waals surface area (Å²) in [4.78, 5) is 0. The lowest BCUT2D eigenvalue weighted by molar-refractivity contribution is -0.0997. The van der Waals surface area contributed by atoms with Crippen molar-refractivity contribution in [2.45, 2.75) is 25.7 Å². The molecule has 2 N–H and O–H groups in total. The number of nitrogens with two attached hydrogens (primary N) is 1. The van der Waals surface area contributed by atoms with Crippen molar-refractivity contribution < 1.29 is 17.2 Å². The fraction of sp³-hybridized carbons (Fsp3) is 1.00. The average Bonchev–Trinajstić information content (AvgIpc) is 2.01. The maximum absolute atomic E-state index is 13.4. The highest BCUT2D eigenvalue weighted by atomic mass is 32.2. The van der Waals surface area contributed by atoms with Crippen molar-refractivity contribution in [2.24, 2.45) is 11.1 Å². The molecule has 1 heterocycles. The van der Waals surface area contributed by atoms with Crippen LogP contribution in [0.25, 0.3) is 0 Å². The molecule has 1 rings (SSSR count). The Morgan fingerprint density at radius 3 is 2.50 bits per heavy atom. The van der Waals surface area contributed by atoms with E-state index in [1.165, 1.54) is 6.92 Å². The van der Waals surface area contributed by atoms with Crippen LogP contribution >= 0.6 is 0 Å². The van der Waals surface area contributed by atoms with E-state index in [-0.39, 0.29) is 12.2 Å². The van der Waals surface area contributed by atoms with Gasteiger partial charge in [0.2, 0.25) is 0 Å². The third-order valence-corrected chi connectivity index (χ3v) is 4.85.